The van der Waals surface area contributed by atoms with Crippen LogP contribution in [0.5, 0.6) is 5.75 Å². The first-order chi connectivity index (χ1) is 10.1. The standard InChI is InChI=1S/C17H16FNO2/c1-12-9-13-5-2-3-8-16(13)19(12)17(20)11-21-15-7-4-6-14(18)10-15/h2-8,10,12H,9,11H2,1H3. The molecule has 1 atom stereocenters. The second-order valence-corrected chi connectivity index (χ2v) is 5.19. The first-order valence-electron chi connectivity index (χ1n) is 6.93. The van der Waals surface area contributed by atoms with Gasteiger partial charge in [0.15, 0.2) is 6.61 Å². The van der Waals surface area contributed by atoms with Gasteiger partial charge in [0.1, 0.15) is 11.6 Å². The van der Waals surface area contributed by atoms with Gasteiger partial charge >= 0.3 is 0 Å². The van der Waals surface area contributed by atoms with Crippen LogP contribution in [0.1, 0.15) is 12.5 Å². The van der Waals surface area contributed by atoms with Crippen LogP contribution in [0.25, 0.3) is 0 Å². The molecule has 0 aromatic heterocycles. The number of ether oxygens (including phenoxy) is 1. The number of carbonyl (C=O) groups excluding carboxylic acids is 1. The van der Waals surface area contributed by atoms with Crippen molar-refractivity contribution < 1.29 is 13.9 Å². The SMILES string of the molecule is CC1Cc2ccccc2N1C(=O)COc1cccc(F)c1. The van der Waals surface area contributed by atoms with E-state index in [2.05, 4.69) is 0 Å². The summed E-state index contributed by atoms with van der Waals surface area (Å²) in [4.78, 5) is 14.1. The number of hydrogen-bond donors (Lipinski definition) is 0. The van der Waals surface area contributed by atoms with E-state index in [0.717, 1.165) is 12.1 Å². The third-order valence-corrected chi connectivity index (χ3v) is 3.63. The van der Waals surface area contributed by atoms with Crippen molar-refractivity contribution in [3.05, 3.63) is 59.9 Å². The van der Waals surface area contributed by atoms with Crippen LogP contribution in [0, 0.1) is 5.82 Å². The number of para-hydroxylation sites is 1. The molecule has 2 aromatic carbocycles. The normalized spacial score (nSPS) is 16.7. The Hall–Kier alpha value is -2.36. The maximum Gasteiger partial charge on any atom is 0.265 e. The highest BCUT2D eigenvalue weighted by atomic mass is 19.1. The summed E-state index contributed by atoms with van der Waals surface area (Å²) in [6.45, 7) is 1.92. The highest BCUT2D eigenvalue weighted by molar-refractivity contribution is 5.97. The van der Waals surface area contributed by atoms with Crippen molar-refractivity contribution in [2.45, 2.75) is 19.4 Å². The van der Waals surface area contributed by atoms with Gasteiger partial charge in [-0.15, -0.1) is 0 Å². The van der Waals surface area contributed by atoms with Gasteiger partial charge < -0.3 is 9.64 Å². The van der Waals surface area contributed by atoms with Gasteiger partial charge in [-0.2, -0.15) is 0 Å². The van der Waals surface area contributed by atoms with E-state index in [-0.39, 0.29) is 24.4 Å². The van der Waals surface area contributed by atoms with E-state index >= 15 is 0 Å². The molecule has 0 radical (unpaired) electrons. The Morgan fingerprint density at radius 3 is 2.90 bits per heavy atom. The van der Waals surface area contributed by atoms with Crippen LogP contribution in [-0.2, 0) is 11.2 Å². The third kappa shape index (κ3) is 2.75. The van der Waals surface area contributed by atoms with E-state index in [1.807, 2.05) is 31.2 Å². The molecule has 3 nitrogen and oxygen atoms in total. The second-order valence-electron chi connectivity index (χ2n) is 5.19. The summed E-state index contributed by atoms with van der Waals surface area (Å²) in [5.41, 5.74) is 2.11. The summed E-state index contributed by atoms with van der Waals surface area (Å²) in [6, 6.07) is 13.8. The molecule has 0 N–H and O–H groups in total. The maximum absolute atomic E-state index is 13.1. The Morgan fingerprint density at radius 1 is 1.29 bits per heavy atom. The van der Waals surface area contributed by atoms with Gasteiger partial charge in [0, 0.05) is 17.8 Å². The molecule has 0 aliphatic carbocycles. The molecule has 0 saturated heterocycles. The van der Waals surface area contributed by atoms with Crippen LogP contribution >= 0.6 is 0 Å². The van der Waals surface area contributed by atoms with Crippen LogP contribution in [0.2, 0.25) is 0 Å². The Morgan fingerprint density at radius 2 is 2.10 bits per heavy atom. The molecule has 0 saturated carbocycles. The lowest BCUT2D eigenvalue weighted by Crippen LogP contribution is -2.39. The largest absolute Gasteiger partial charge is 0.484 e. The number of fused-ring (bicyclic) bond motifs is 1. The van der Waals surface area contributed by atoms with E-state index in [1.54, 1.807) is 17.0 Å². The van der Waals surface area contributed by atoms with Crippen molar-refractivity contribution in [3.63, 3.8) is 0 Å². The fourth-order valence-corrected chi connectivity index (χ4v) is 2.72. The Balaban J connectivity index is 1.71. The van der Waals surface area contributed by atoms with Gasteiger partial charge in [0.05, 0.1) is 0 Å². The Labute approximate surface area is 123 Å². The van der Waals surface area contributed by atoms with E-state index in [4.69, 9.17) is 4.74 Å². The van der Waals surface area contributed by atoms with Crippen molar-refractivity contribution in [2.24, 2.45) is 0 Å². The number of rotatable bonds is 3. The minimum atomic E-state index is -0.375. The number of hydrogen-bond acceptors (Lipinski definition) is 2. The second kappa shape index (κ2) is 5.56. The topological polar surface area (TPSA) is 29.5 Å². The summed E-state index contributed by atoms with van der Waals surface area (Å²) in [5, 5.41) is 0. The smallest absolute Gasteiger partial charge is 0.265 e. The Kier molecular flexibility index (Phi) is 3.60. The van der Waals surface area contributed by atoms with Crippen molar-refractivity contribution >= 4 is 11.6 Å². The predicted molar refractivity (Wildman–Crippen MR) is 79.0 cm³/mol. The van der Waals surface area contributed by atoms with Crippen LogP contribution in [0.4, 0.5) is 10.1 Å². The zero-order chi connectivity index (χ0) is 14.8. The maximum atomic E-state index is 13.1. The molecule has 1 amide bonds. The molecule has 108 valence electrons. The first kappa shape index (κ1) is 13.6. The number of anilines is 1. The van der Waals surface area contributed by atoms with E-state index < -0.39 is 0 Å². The van der Waals surface area contributed by atoms with Gasteiger partial charge in [-0.05, 0) is 37.1 Å². The Bertz CT molecular complexity index is 671. The van der Waals surface area contributed by atoms with Crippen LogP contribution in [0.15, 0.2) is 48.5 Å². The van der Waals surface area contributed by atoms with Gasteiger partial charge in [0.25, 0.3) is 5.91 Å². The molecule has 1 heterocycles. The summed E-state index contributed by atoms with van der Waals surface area (Å²) >= 11 is 0. The zero-order valence-corrected chi connectivity index (χ0v) is 11.8. The molecule has 1 aliphatic rings. The summed E-state index contributed by atoms with van der Waals surface area (Å²) in [7, 11) is 0. The summed E-state index contributed by atoms with van der Waals surface area (Å²) in [5.74, 6) is -0.125. The van der Waals surface area contributed by atoms with E-state index in [1.165, 1.54) is 17.7 Å². The van der Waals surface area contributed by atoms with E-state index in [0.29, 0.717) is 5.75 Å². The fourth-order valence-electron chi connectivity index (χ4n) is 2.72. The zero-order valence-electron chi connectivity index (χ0n) is 11.8. The van der Waals surface area contributed by atoms with Gasteiger partial charge in [-0.3, -0.25) is 4.79 Å². The molecular weight excluding hydrogens is 269 g/mol. The quantitative estimate of drug-likeness (QED) is 0.867. The van der Waals surface area contributed by atoms with Crippen molar-refractivity contribution in [3.8, 4) is 5.75 Å². The number of halogens is 1. The number of nitrogens with zero attached hydrogens (tertiary/aromatic N) is 1. The highest BCUT2D eigenvalue weighted by Gasteiger charge is 2.30. The van der Waals surface area contributed by atoms with Crippen LogP contribution < -0.4 is 9.64 Å². The molecule has 3 rings (SSSR count). The monoisotopic (exact) mass is 285 g/mol. The molecule has 4 heteroatoms. The molecule has 1 unspecified atom stereocenters. The molecule has 0 fully saturated rings. The lowest BCUT2D eigenvalue weighted by Gasteiger charge is -2.22. The highest BCUT2D eigenvalue weighted by Crippen LogP contribution is 2.31. The number of benzene rings is 2. The van der Waals surface area contributed by atoms with Crippen molar-refractivity contribution in [2.75, 3.05) is 11.5 Å². The van der Waals surface area contributed by atoms with Crippen molar-refractivity contribution in [1.29, 1.82) is 0 Å². The first-order valence-corrected chi connectivity index (χ1v) is 6.93. The molecule has 21 heavy (non-hydrogen) atoms. The lowest BCUT2D eigenvalue weighted by atomic mass is 10.1. The van der Waals surface area contributed by atoms with Gasteiger partial charge in [-0.25, -0.2) is 4.39 Å². The number of amides is 1. The van der Waals surface area contributed by atoms with Gasteiger partial charge in [0.2, 0.25) is 0 Å². The van der Waals surface area contributed by atoms with Crippen LogP contribution in [-0.4, -0.2) is 18.6 Å². The lowest BCUT2D eigenvalue weighted by molar-refractivity contribution is -0.120. The minimum Gasteiger partial charge on any atom is -0.484 e. The average Bonchev–Trinajstić information content (AvgIpc) is 2.81. The summed E-state index contributed by atoms with van der Waals surface area (Å²) < 4.78 is 18.5. The molecule has 2 aromatic rings. The molecule has 0 bridgehead atoms. The molecular formula is C17H16FNO2. The number of carbonyl (C=O) groups is 1. The fraction of sp³-hybridized carbons (Fsp3) is 0.235. The van der Waals surface area contributed by atoms with E-state index in [9.17, 15) is 9.18 Å². The van der Waals surface area contributed by atoms with Crippen molar-refractivity contribution in [1.82, 2.24) is 0 Å². The van der Waals surface area contributed by atoms with Gasteiger partial charge in [-0.1, -0.05) is 24.3 Å². The molecule has 0 spiro atoms. The van der Waals surface area contributed by atoms with Crippen LogP contribution in [0.3, 0.4) is 0 Å². The summed E-state index contributed by atoms with van der Waals surface area (Å²) in [6.07, 6.45) is 0.849. The minimum absolute atomic E-state index is 0.0951. The average molecular weight is 285 g/mol. The predicted octanol–water partition coefficient (Wildman–Crippen LogP) is 3.18. The third-order valence-electron chi connectivity index (χ3n) is 3.63. The molecule has 1 aliphatic heterocycles.